The minimum Gasteiger partial charge on any atom is -0.497 e. The fourth-order valence-corrected chi connectivity index (χ4v) is 5.38. The van der Waals surface area contributed by atoms with Crippen LogP contribution in [-0.4, -0.2) is 23.4 Å². The van der Waals surface area contributed by atoms with Crippen molar-refractivity contribution in [2.24, 2.45) is 0 Å². The van der Waals surface area contributed by atoms with Crippen LogP contribution in [0.15, 0.2) is 58.3 Å². The predicted octanol–water partition coefficient (Wildman–Crippen LogP) is 4.00. The van der Waals surface area contributed by atoms with Crippen LogP contribution in [0, 0.1) is 0 Å². The monoisotopic (exact) mass is 304 g/mol. The van der Waals surface area contributed by atoms with Gasteiger partial charge in [0.25, 0.3) is 0 Å². The molecule has 2 aromatic rings. The van der Waals surface area contributed by atoms with Crippen molar-refractivity contribution >= 4 is 23.5 Å². The highest BCUT2D eigenvalue weighted by Crippen LogP contribution is 2.52. The van der Waals surface area contributed by atoms with Crippen molar-refractivity contribution in [2.45, 2.75) is 20.3 Å². The highest BCUT2D eigenvalue weighted by atomic mass is 32.2. The molecule has 1 heterocycles. The molecule has 4 heteroatoms. The summed E-state index contributed by atoms with van der Waals surface area (Å²) in [5.74, 6) is 0.976. The number of benzene rings is 2. The molecule has 0 spiro atoms. The molecule has 0 amide bonds. The van der Waals surface area contributed by atoms with Crippen molar-refractivity contribution in [3.05, 3.63) is 54.1 Å². The third-order valence-electron chi connectivity index (χ3n) is 3.40. The summed E-state index contributed by atoms with van der Waals surface area (Å²) in [6.45, 7) is 0.158. The van der Waals surface area contributed by atoms with Crippen LogP contribution in [0.2, 0.25) is 0 Å². The van der Waals surface area contributed by atoms with Gasteiger partial charge >= 0.3 is 0 Å². The molecule has 0 fully saturated rings. The SMILES string of the molecule is COc1ccc([C@@H](CO)C2Sc3ccccc3S2)cc1. The normalized spacial score (nSPS) is 15.9. The second-order valence-electron chi connectivity index (χ2n) is 4.61. The molecule has 1 atom stereocenters. The standard InChI is InChI=1S/C16H16O2S2/c1-18-12-8-6-11(7-9-12)13(10-17)16-19-14-4-2-3-5-15(14)20-16/h2-9,13,16-17H,10H2,1H3/t13-/m1/s1. The minimum absolute atomic E-state index is 0.128. The first kappa shape index (κ1) is 13.9. The molecule has 0 unspecified atom stereocenters. The van der Waals surface area contributed by atoms with E-state index in [0.29, 0.717) is 4.58 Å². The zero-order chi connectivity index (χ0) is 13.9. The molecular formula is C16H16O2S2. The van der Waals surface area contributed by atoms with Crippen molar-refractivity contribution in [3.8, 4) is 5.75 Å². The molecule has 2 aromatic carbocycles. The van der Waals surface area contributed by atoms with Gasteiger partial charge in [-0.2, -0.15) is 0 Å². The fraction of sp³-hybridized carbons (Fsp3) is 0.250. The van der Waals surface area contributed by atoms with Crippen LogP contribution in [0.25, 0.3) is 0 Å². The lowest BCUT2D eigenvalue weighted by Crippen LogP contribution is -2.14. The number of rotatable bonds is 4. The van der Waals surface area contributed by atoms with Gasteiger partial charge < -0.3 is 9.84 Å². The van der Waals surface area contributed by atoms with Gasteiger partial charge in [0.2, 0.25) is 0 Å². The average Bonchev–Trinajstić information content (AvgIpc) is 2.92. The van der Waals surface area contributed by atoms with E-state index >= 15 is 0 Å². The van der Waals surface area contributed by atoms with Gasteiger partial charge in [0.1, 0.15) is 5.75 Å². The molecule has 2 nitrogen and oxygen atoms in total. The number of thioether (sulfide) groups is 2. The van der Waals surface area contributed by atoms with Gasteiger partial charge in [-0.25, -0.2) is 0 Å². The van der Waals surface area contributed by atoms with E-state index in [-0.39, 0.29) is 12.5 Å². The van der Waals surface area contributed by atoms with Gasteiger partial charge in [0.15, 0.2) is 0 Å². The van der Waals surface area contributed by atoms with Crippen LogP contribution >= 0.6 is 23.5 Å². The number of fused-ring (bicyclic) bond motifs is 1. The second-order valence-corrected chi connectivity index (χ2v) is 7.28. The van der Waals surface area contributed by atoms with E-state index in [0.717, 1.165) is 11.3 Å². The average molecular weight is 304 g/mol. The van der Waals surface area contributed by atoms with Crippen LogP contribution in [0.4, 0.5) is 0 Å². The molecule has 3 rings (SSSR count). The van der Waals surface area contributed by atoms with E-state index in [4.69, 9.17) is 4.74 Å². The van der Waals surface area contributed by atoms with Crippen LogP contribution in [-0.2, 0) is 0 Å². The summed E-state index contributed by atoms with van der Waals surface area (Å²) in [5.41, 5.74) is 1.16. The van der Waals surface area contributed by atoms with Crippen LogP contribution in [0.3, 0.4) is 0 Å². The van der Waals surface area contributed by atoms with Crippen LogP contribution < -0.4 is 4.74 Å². The molecule has 0 saturated heterocycles. The Morgan fingerprint density at radius 1 is 1.05 bits per heavy atom. The molecule has 0 aliphatic carbocycles. The van der Waals surface area contributed by atoms with Gasteiger partial charge in [0, 0.05) is 15.7 Å². The number of aliphatic hydroxyl groups excluding tert-OH is 1. The molecule has 0 radical (unpaired) electrons. The maximum absolute atomic E-state index is 9.79. The van der Waals surface area contributed by atoms with E-state index < -0.39 is 0 Å². The van der Waals surface area contributed by atoms with Gasteiger partial charge in [-0.05, 0) is 29.8 Å². The Morgan fingerprint density at radius 2 is 1.65 bits per heavy atom. The number of methoxy groups -OCH3 is 1. The molecule has 0 bridgehead atoms. The Hall–Kier alpha value is -1.10. The highest BCUT2D eigenvalue weighted by molar-refractivity contribution is 8.19. The minimum atomic E-state index is 0.128. The zero-order valence-corrected chi connectivity index (χ0v) is 12.8. The molecular weight excluding hydrogens is 288 g/mol. The summed E-state index contributed by atoms with van der Waals surface area (Å²) in [6, 6.07) is 16.4. The molecule has 1 aliphatic rings. The van der Waals surface area contributed by atoms with E-state index in [1.54, 1.807) is 7.11 Å². The third kappa shape index (κ3) is 2.68. The Balaban J connectivity index is 1.81. The van der Waals surface area contributed by atoms with E-state index in [9.17, 15) is 5.11 Å². The number of aliphatic hydroxyl groups is 1. The van der Waals surface area contributed by atoms with Crippen molar-refractivity contribution < 1.29 is 9.84 Å². The van der Waals surface area contributed by atoms with Crippen molar-refractivity contribution in [1.29, 1.82) is 0 Å². The smallest absolute Gasteiger partial charge is 0.118 e. The lowest BCUT2D eigenvalue weighted by atomic mass is 10.0. The topological polar surface area (TPSA) is 29.5 Å². The first-order valence-corrected chi connectivity index (χ1v) is 8.25. The summed E-state index contributed by atoms with van der Waals surface area (Å²) in [7, 11) is 1.66. The molecule has 0 saturated carbocycles. The first-order chi connectivity index (χ1) is 9.81. The summed E-state index contributed by atoms with van der Waals surface area (Å²) in [4.78, 5) is 2.63. The lowest BCUT2D eigenvalue weighted by Gasteiger charge is -2.20. The van der Waals surface area contributed by atoms with E-state index in [1.165, 1.54) is 9.79 Å². The summed E-state index contributed by atoms with van der Waals surface area (Å²) in [5, 5.41) is 9.79. The number of ether oxygens (including phenoxy) is 1. The third-order valence-corrected chi connectivity index (χ3v) is 6.45. The number of hydrogen-bond donors (Lipinski definition) is 1. The van der Waals surface area contributed by atoms with Gasteiger partial charge in [-0.15, -0.1) is 23.5 Å². The molecule has 20 heavy (non-hydrogen) atoms. The van der Waals surface area contributed by atoms with Gasteiger partial charge in [-0.3, -0.25) is 0 Å². The largest absolute Gasteiger partial charge is 0.497 e. The van der Waals surface area contributed by atoms with Gasteiger partial charge in [-0.1, -0.05) is 24.3 Å². The molecule has 0 aromatic heterocycles. The van der Waals surface area contributed by atoms with E-state index in [2.05, 4.69) is 24.3 Å². The second kappa shape index (κ2) is 6.12. The van der Waals surface area contributed by atoms with Crippen LogP contribution in [0.1, 0.15) is 11.5 Å². The molecule has 1 N–H and O–H groups in total. The van der Waals surface area contributed by atoms with Gasteiger partial charge in [0.05, 0.1) is 18.3 Å². The van der Waals surface area contributed by atoms with Crippen LogP contribution in [0.5, 0.6) is 5.75 Å². The summed E-state index contributed by atoms with van der Waals surface area (Å²) >= 11 is 3.69. The Bertz CT molecular complexity index is 558. The van der Waals surface area contributed by atoms with Crippen molar-refractivity contribution in [1.82, 2.24) is 0 Å². The first-order valence-electron chi connectivity index (χ1n) is 6.49. The van der Waals surface area contributed by atoms with Crippen molar-refractivity contribution in [2.75, 3.05) is 13.7 Å². The quantitative estimate of drug-likeness (QED) is 0.924. The molecule has 104 valence electrons. The maximum Gasteiger partial charge on any atom is 0.118 e. The predicted molar refractivity (Wildman–Crippen MR) is 84.8 cm³/mol. The van der Waals surface area contributed by atoms with E-state index in [1.807, 2.05) is 47.8 Å². The maximum atomic E-state index is 9.79. The van der Waals surface area contributed by atoms with Crippen molar-refractivity contribution in [3.63, 3.8) is 0 Å². The number of hydrogen-bond acceptors (Lipinski definition) is 4. The Labute approximate surface area is 127 Å². The zero-order valence-electron chi connectivity index (χ0n) is 11.2. The highest BCUT2D eigenvalue weighted by Gasteiger charge is 2.30. The molecule has 1 aliphatic heterocycles. The summed E-state index contributed by atoms with van der Waals surface area (Å²) < 4.78 is 5.51. The Kier molecular flexibility index (Phi) is 4.24. The fourth-order valence-electron chi connectivity index (χ4n) is 2.28. The lowest BCUT2D eigenvalue weighted by molar-refractivity contribution is 0.272. The summed E-state index contributed by atoms with van der Waals surface area (Å²) in [6.07, 6.45) is 0. The Morgan fingerprint density at radius 3 is 2.15 bits per heavy atom.